The number of nitrogens with zero attached hydrogens (tertiary/aromatic N) is 4. The molecule has 1 fully saturated rings. The Hall–Kier alpha value is -1.20. The van der Waals surface area contributed by atoms with Crippen LogP contribution >= 0.6 is 0 Å². The Labute approximate surface area is 109 Å². The molecule has 2 rings (SSSR count). The second-order valence-electron chi connectivity index (χ2n) is 5.09. The van der Waals surface area contributed by atoms with Crippen LogP contribution in [0.5, 0.6) is 0 Å². The second kappa shape index (κ2) is 6.11. The first-order chi connectivity index (χ1) is 8.70. The fourth-order valence-electron chi connectivity index (χ4n) is 2.45. The molecule has 0 aliphatic carbocycles. The number of hydrogen-bond acceptors (Lipinski definition) is 5. The average molecular weight is 249 g/mol. The van der Waals surface area contributed by atoms with E-state index in [4.69, 9.17) is 5.73 Å². The lowest BCUT2D eigenvalue weighted by Crippen LogP contribution is -2.37. The van der Waals surface area contributed by atoms with Crippen LogP contribution in [0, 0.1) is 0 Å². The first-order valence-electron chi connectivity index (χ1n) is 6.63. The van der Waals surface area contributed by atoms with Gasteiger partial charge in [0.05, 0.1) is 0 Å². The first-order valence-corrected chi connectivity index (χ1v) is 6.63. The van der Waals surface area contributed by atoms with Crippen LogP contribution < -0.4 is 10.6 Å². The SMILES string of the molecule is CN(CC1CCCN1C)c1ncc(CCN)cn1. The van der Waals surface area contributed by atoms with Crippen LogP contribution in [0.25, 0.3) is 0 Å². The van der Waals surface area contributed by atoms with Crippen molar-refractivity contribution in [3.05, 3.63) is 18.0 Å². The highest BCUT2D eigenvalue weighted by molar-refractivity contribution is 5.29. The molecule has 0 amide bonds. The Balaban J connectivity index is 1.93. The highest BCUT2D eigenvalue weighted by atomic mass is 15.3. The van der Waals surface area contributed by atoms with Crippen LogP contribution in [0.15, 0.2) is 12.4 Å². The number of likely N-dealkylation sites (tertiary alicyclic amines) is 1. The summed E-state index contributed by atoms with van der Waals surface area (Å²) in [5, 5.41) is 0. The van der Waals surface area contributed by atoms with E-state index in [9.17, 15) is 0 Å². The van der Waals surface area contributed by atoms with E-state index in [1.165, 1.54) is 19.4 Å². The molecule has 1 saturated heterocycles. The molecule has 1 aromatic heterocycles. The molecule has 18 heavy (non-hydrogen) atoms. The normalized spacial score (nSPS) is 20.3. The Morgan fingerprint density at radius 1 is 1.44 bits per heavy atom. The molecule has 1 atom stereocenters. The zero-order valence-corrected chi connectivity index (χ0v) is 11.3. The third kappa shape index (κ3) is 3.17. The molecule has 2 heterocycles. The van der Waals surface area contributed by atoms with Crippen LogP contribution in [0.1, 0.15) is 18.4 Å². The summed E-state index contributed by atoms with van der Waals surface area (Å²) in [6.45, 7) is 2.84. The van der Waals surface area contributed by atoms with Gasteiger partial charge in [0.2, 0.25) is 5.95 Å². The molecule has 0 aromatic carbocycles. The fraction of sp³-hybridized carbons (Fsp3) is 0.692. The number of nitrogens with two attached hydrogens (primary N) is 1. The van der Waals surface area contributed by atoms with Gasteiger partial charge in [0, 0.05) is 32.0 Å². The first kappa shape index (κ1) is 13.2. The van der Waals surface area contributed by atoms with Crippen molar-refractivity contribution < 1.29 is 0 Å². The topological polar surface area (TPSA) is 58.3 Å². The van der Waals surface area contributed by atoms with Crippen molar-refractivity contribution in [2.45, 2.75) is 25.3 Å². The Morgan fingerprint density at radius 2 is 2.17 bits per heavy atom. The predicted molar refractivity (Wildman–Crippen MR) is 73.7 cm³/mol. The molecule has 1 aliphatic rings. The van der Waals surface area contributed by atoms with E-state index in [2.05, 4.69) is 33.9 Å². The van der Waals surface area contributed by atoms with E-state index in [0.717, 1.165) is 24.5 Å². The van der Waals surface area contributed by atoms with Gasteiger partial charge in [0.25, 0.3) is 0 Å². The van der Waals surface area contributed by atoms with Crippen molar-refractivity contribution >= 4 is 5.95 Å². The zero-order chi connectivity index (χ0) is 13.0. The smallest absolute Gasteiger partial charge is 0.225 e. The summed E-state index contributed by atoms with van der Waals surface area (Å²) in [6, 6.07) is 0.627. The largest absolute Gasteiger partial charge is 0.342 e. The molecule has 2 N–H and O–H groups in total. The lowest BCUT2D eigenvalue weighted by Gasteiger charge is -2.25. The fourth-order valence-corrected chi connectivity index (χ4v) is 2.45. The van der Waals surface area contributed by atoms with Crippen LogP contribution in [0.4, 0.5) is 5.95 Å². The third-order valence-electron chi connectivity index (χ3n) is 3.62. The molecule has 1 aliphatic heterocycles. The third-order valence-corrected chi connectivity index (χ3v) is 3.62. The van der Waals surface area contributed by atoms with Gasteiger partial charge in [-0.15, -0.1) is 0 Å². The van der Waals surface area contributed by atoms with Crippen molar-refractivity contribution in [2.24, 2.45) is 5.73 Å². The van der Waals surface area contributed by atoms with Gasteiger partial charge in [-0.2, -0.15) is 0 Å². The number of aromatic nitrogens is 2. The van der Waals surface area contributed by atoms with E-state index in [1.807, 2.05) is 12.4 Å². The Kier molecular flexibility index (Phi) is 4.49. The van der Waals surface area contributed by atoms with Gasteiger partial charge in [-0.3, -0.25) is 0 Å². The summed E-state index contributed by atoms with van der Waals surface area (Å²) in [4.78, 5) is 13.4. The standard InChI is InChI=1S/C13H23N5/c1-17-7-3-4-12(17)10-18(2)13-15-8-11(5-6-14)9-16-13/h8-9,12H,3-7,10,14H2,1-2H3. The zero-order valence-electron chi connectivity index (χ0n) is 11.3. The molecule has 5 heteroatoms. The molecule has 0 bridgehead atoms. The lowest BCUT2D eigenvalue weighted by molar-refractivity contribution is 0.313. The molecule has 0 radical (unpaired) electrons. The van der Waals surface area contributed by atoms with Crippen molar-refractivity contribution in [3.8, 4) is 0 Å². The van der Waals surface area contributed by atoms with E-state index in [0.29, 0.717) is 12.6 Å². The summed E-state index contributed by atoms with van der Waals surface area (Å²) < 4.78 is 0. The van der Waals surface area contributed by atoms with Crippen LogP contribution in [0.2, 0.25) is 0 Å². The van der Waals surface area contributed by atoms with E-state index < -0.39 is 0 Å². The van der Waals surface area contributed by atoms with Crippen molar-refractivity contribution in [2.75, 3.05) is 38.6 Å². The molecule has 100 valence electrons. The monoisotopic (exact) mass is 249 g/mol. The minimum atomic E-state index is 0.627. The number of hydrogen-bond donors (Lipinski definition) is 1. The van der Waals surface area contributed by atoms with Crippen molar-refractivity contribution in [1.82, 2.24) is 14.9 Å². The summed E-state index contributed by atoms with van der Waals surface area (Å²) in [5.74, 6) is 0.802. The van der Waals surface area contributed by atoms with Gasteiger partial charge >= 0.3 is 0 Å². The highest BCUT2D eigenvalue weighted by Crippen LogP contribution is 2.17. The highest BCUT2D eigenvalue weighted by Gasteiger charge is 2.22. The number of likely N-dealkylation sites (N-methyl/N-ethyl adjacent to an activating group) is 2. The minimum Gasteiger partial charge on any atom is -0.342 e. The summed E-state index contributed by atoms with van der Waals surface area (Å²) in [6.07, 6.45) is 7.17. The molecular weight excluding hydrogens is 226 g/mol. The van der Waals surface area contributed by atoms with E-state index in [1.54, 1.807) is 0 Å². The quantitative estimate of drug-likeness (QED) is 0.824. The number of rotatable bonds is 5. The molecule has 1 unspecified atom stereocenters. The van der Waals surface area contributed by atoms with Crippen LogP contribution in [-0.2, 0) is 6.42 Å². The van der Waals surface area contributed by atoms with Gasteiger partial charge in [0.1, 0.15) is 0 Å². The maximum Gasteiger partial charge on any atom is 0.225 e. The summed E-state index contributed by atoms with van der Waals surface area (Å²) in [5.41, 5.74) is 6.62. The Morgan fingerprint density at radius 3 is 2.72 bits per heavy atom. The lowest BCUT2D eigenvalue weighted by atomic mass is 10.2. The Bertz CT molecular complexity index is 364. The van der Waals surface area contributed by atoms with Gasteiger partial charge in [-0.25, -0.2) is 9.97 Å². The molecular formula is C13H23N5. The summed E-state index contributed by atoms with van der Waals surface area (Å²) >= 11 is 0. The van der Waals surface area contributed by atoms with Crippen molar-refractivity contribution in [1.29, 1.82) is 0 Å². The average Bonchev–Trinajstić information content (AvgIpc) is 2.76. The number of anilines is 1. The molecule has 5 nitrogen and oxygen atoms in total. The van der Waals surface area contributed by atoms with E-state index in [-0.39, 0.29) is 0 Å². The maximum absolute atomic E-state index is 5.51. The molecule has 0 spiro atoms. The predicted octanol–water partition coefficient (Wildman–Crippen LogP) is 0.508. The van der Waals surface area contributed by atoms with Gasteiger partial charge in [-0.05, 0) is 45.0 Å². The van der Waals surface area contributed by atoms with Gasteiger partial charge < -0.3 is 15.5 Å². The summed E-state index contributed by atoms with van der Waals surface area (Å²) in [7, 11) is 4.25. The van der Waals surface area contributed by atoms with Gasteiger partial charge in [0.15, 0.2) is 0 Å². The minimum absolute atomic E-state index is 0.627. The van der Waals surface area contributed by atoms with E-state index >= 15 is 0 Å². The molecule has 1 aromatic rings. The van der Waals surface area contributed by atoms with Crippen LogP contribution in [-0.4, -0.2) is 54.6 Å². The van der Waals surface area contributed by atoms with Crippen LogP contribution in [0.3, 0.4) is 0 Å². The maximum atomic E-state index is 5.51. The molecule has 0 saturated carbocycles. The van der Waals surface area contributed by atoms with Gasteiger partial charge in [-0.1, -0.05) is 0 Å². The second-order valence-corrected chi connectivity index (χ2v) is 5.09. The van der Waals surface area contributed by atoms with Crippen molar-refractivity contribution in [3.63, 3.8) is 0 Å².